The molecule has 5 nitrogen and oxygen atoms in total. The second kappa shape index (κ2) is 7.70. The van der Waals surface area contributed by atoms with Gasteiger partial charge >= 0.3 is 12.0 Å². The Bertz CT molecular complexity index is 280. The fourth-order valence-corrected chi connectivity index (χ4v) is 0.930. The van der Waals surface area contributed by atoms with Crippen molar-refractivity contribution in [2.75, 3.05) is 13.2 Å². The van der Waals surface area contributed by atoms with E-state index in [-0.39, 0.29) is 30.4 Å². The molecule has 0 radical (unpaired) electrons. The minimum Gasteiger partial charge on any atom is -0.466 e. The molecule has 0 spiro atoms. The van der Waals surface area contributed by atoms with Crippen LogP contribution in [0.25, 0.3) is 0 Å². The molecule has 0 aromatic carbocycles. The van der Waals surface area contributed by atoms with Gasteiger partial charge in [-0.1, -0.05) is 26.8 Å². The molecule has 2 amide bonds. The molecule has 0 atom stereocenters. The number of amides is 2. The molecule has 0 saturated carbocycles. The standard InChI is InChI=1S/C12H22N2O3/c1-5-17-10(15)6-8-13-11(16)14-9-7-12(2,3)4/h7,9H,5-6,8H2,1-4H3,(H2,13,14,16)/b9-7+. The van der Waals surface area contributed by atoms with Crippen molar-refractivity contribution < 1.29 is 14.3 Å². The minimum absolute atomic E-state index is 0.0260. The highest BCUT2D eigenvalue weighted by atomic mass is 16.5. The van der Waals surface area contributed by atoms with E-state index in [9.17, 15) is 9.59 Å². The predicted molar refractivity (Wildman–Crippen MR) is 66.4 cm³/mol. The quantitative estimate of drug-likeness (QED) is 0.722. The highest BCUT2D eigenvalue weighted by Gasteiger charge is 2.05. The molecule has 0 heterocycles. The maximum absolute atomic E-state index is 11.2. The van der Waals surface area contributed by atoms with E-state index in [0.29, 0.717) is 6.61 Å². The lowest BCUT2D eigenvalue weighted by atomic mass is 9.97. The lowest BCUT2D eigenvalue weighted by Gasteiger charge is -2.11. The summed E-state index contributed by atoms with van der Waals surface area (Å²) in [4.78, 5) is 22.2. The highest BCUT2D eigenvalue weighted by Crippen LogP contribution is 2.13. The van der Waals surface area contributed by atoms with Crippen molar-refractivity contribution in [3.63, 3.8) is 0 Å². The lowest BCUT2D eigenvalue weighted by Crippen LogP contribution is -2.34. The van der Waals surface area contributed by atoms with Gasteiger partial charge in [0.15, 0.2) is 0 Å². The number of rotatable bonds is 5. The van der Waals surface area contributed by atoms with Gasteiger partial charge in [-0.15, -0.1) is 0 Å². The number of hydrogen-bond acceptors (Lipinski definition) is 3. The summed E-state index contributed by atoms with van der Waals surface area (Å²) in [5.41, 5.74) is 0.0260. The molecule has 0 fully saturated rings. The van der Waals surface area contributed by atoms with Gasteiger partial charge < -0.3 is 15.4 Å². The maximum atomic E-state index is 11.2. The fourth-order valence-electron chi connectivity index (χ4n) is 0.930. The first-order valence-electron chi connectivity index (χ1n) is 5.73. The second-order valence-corrected chi connectivity index (χ2v) is 4.65. The van der Waals surface area contributed by atoms with Gasteiger partial charge in [-0.2, -0.15) is 0 Å². The molecule has 0 bridgehead atoms. The molecule has 5 heteroatoms. The first-order valence-corrected chi connectivity index (χ1v) is 5.73. The maximum Gasteiger partial charge on any atom is 0.318 e. The van der Waals surface area contributed by atoms with Crippen LogP contribution in [0.5, 0.6) is 0 Å². The summed E-state index contributed by atoms with van der Waals surface area (Å²) in [6.07, 6.45) is 3.67. The van der Waals surface area contributed by atoms with Crippen LogP contribution in [-0.4, -0.2) is 25.2 Å². The van der Waals surface area contributed by atoms with E-state index in [4.69, 9.17) is 4.74 Å². The third-order valence-corrected chi connectivity index (χ3v) is 1.72. The average molecular weight is 242 g/mol. The zero-order valence-electron chi connectivity index (χ0n) is 11.0. The number of hydrogen-bond donors (Lipinski definition) is 2. The van der Waals surface area contributed by atoms with Crippen molar-refractivity contribution in [2.24, 2.45) is 5.41 Å². The Morgan fingerprint density at radius 2 is 1.94 bits per heavy atom. The number of allylic oxidation sites excluding steroid dienone is 1. The molecular weight excluding hydrogens is 220 g/mol. The lowest BCUT2D eigenvalue weighted by molar-refractivity contribution is -0.142. The summed E-state index contributed by atoms with van der Waals surface area (Å²) in [5, 5.41) is 5.12. The fraction of sp³-hybridized carbons (Fsp3) is 0.667. The monoisotopic (exact) mass is 242 g/mol. The van der Waals surface area contributed by atoms with Gasteiger partial charge in [-0.25, -0.2) is 4.79 Å². The predicted octanol–water partition coefficient (Wildman–Crippen LogP) is 1.80. The van der Waals surface area contributed by atoms with Crippen LogP contribution in [0.15, 0.2) is 12.3 Å². The van der Waals surface area contributed by atoms with E-state index in [0.717, 1.165) is 0 Å². The molecule has 0 rings (SSSR count). The summed E-state index contributed by atoms with van der Waals surface area (Å²) in [5.74, 6) is -0.307. The van der Waals surface area contributed by atoms with E-state index in [2.05, 4.69) is 10.6 Å². The zero-order chi connectivity index (χ0) is 13.3. The van der Waals surface area contributed by atoms with Crippen molar-refractivity contribution in [3.05, 3.63) is 12.3 Å². The van der Waals surface area contributed by atoms with E-state index in [1.807, 2.05) is 26.8 Å². The van der Waals surface area contributed by atoms with Crippen LogP contribution in [0.1, 0.15) is 34.1 Å². The molecule has 17 heavy (non-hydrogen) atoms. The Labute approximate surface area is 103 Å². The number of nitrogens with one attached hydrogen (secondary N) is 2. The molecule has 0 saturated heterocycles. The SMILES string of the molecule is CCOC(=O)CCNC(=O)N/C=C/C(C)(C)C. The van der Waals surface area contributed by atoms with E-state index in [1.54, 1.807) is 13.1 Å². The Balaban J connectivity index is 3.67. The summed E-state index contributed by atoms with van der Waals surface area (Å²) >= 11 is 0. The van der Waals surface area contributed by atoms with Crippen LogP contribution in [0, 0.1) is 5.41 Å². The molecule has 0 unspecified atom stereocenters. The number of carbonyl (C=O) groups is 2. The molecule has 0 aliphatic carbocycles. The van der Waals surface area contributed by atoms with Crippen molar-refractivity contribution in [1.82, 2.24) is 10.6 Å². The van der Waals surface area contributed by atoms with E-state index in [1.165, 1.54) is 0 Å². The second-order valence-electron chi connectivity index (χ2n) is 4.65. The van der Waals surface area contributed by atoms with Crippen molar-refractivity contribution in [3.8, 4) is 0 Å². The van der Waals surface area contributed by atoms with Gasteiger partial charge in [0.2, 0.25) is 0 Å². The zero-order valence-corrected chi connectivity index (χ0v) is 11.0. The van der Waals surface area contributed by atoms with Crippen LogP contribution >= 0.6 is 0 Å². The summed E-state index contributed by atoms with van der Waals surface area (Å²) in [6, 6.07) is -0.324. The van der Waals surface area contributed by atoms with Crippen LogP contribution < -0.4 is 10.6 Å². The number of ether oxygens (including phenoxy) is 1. The normalized spacial score (nSPS) is 11.3. The van der Waals surface area contributed by atoms with Gasteiger partial charge in [0.25, 0.3) is 0 Å². The van der Waals surface area contributed by atoms with Crippen LogP contribution in [-0.2, 0) is 9.53 Å². The third kappa shape index (κ3) is 10.8. The third-order valence-electron chi connectivity index (χ3n) is 1.72. The molecular formula is C12H22N2O3. The molecule has 0 aliphatic rings. The van der Waals surface area contributed by atoms with Crippen LogP contribution in [0.4, 0.5) is 4.79 Å². The molecule has 0 aromatic heterocycles. The first kappa shape index (κ1) is 15.5. The minimum atomic E-state index is -0.324. The summed E-state index contributed by atoms with van der Waals surface area (Å²) in [6.45, 7) is 8.47. The largest absolute Gasteiger partial charge is 0.466 e. The number of urea groups is 1. The van der Waals surface area contributed by atoms with Gasteiger partial charge in [-0.3, -0.25) is 4.79 Å². The first-order chi connectivity index (χ1) is 7.85. The number of carbonyl (C=O) groups excluding carboxylic acids is 2. The van der Waals surface area contributed by atoms with E-state index >= 15 is 0 Å². The van der Waals surface area contributed by atoms with Crippen molar-refractivity contribution in [2.45, 2.75) is 34.1 Å². The Kier molecular flexibility index (Phi) is 7.02. The van der Waals surface area contributed by atoms with Gasteiger partial charge in [-0.05, 0) is 12.3 Å². The highest BCUT2D eigenvalue weighted by molar-refractivity contribution is 5.76. The average Bonchev–Trinajstić information content (AvgIpc) is 2.16. The number of esters is 1. The van der Waals surface area contributed by atoms with Crippen LogP contribution in [0.2, 0.25) is 0 Å². The molecule has 0 aromatic rings. The summed E-state index contributed by atoms with van der Waals surface area (Å²) in [7, 11) is 0. The Morgan fingerprint density at radius 1 is 1.29 bits per heavy atom. The van der Waals surface area contributed by atoms with Gasteiger partial charge in [0.05, 0.1) is 13.0 Å². The topological polar surface area (TPSA) is 67.4 Å². The van der Waals surface area contributed by atoms with Gasteiger partial charge in [0, 0.05) is 12.7 Å². The Morgan fingerprint density at radius 3 is 2.47 bits per heavy atom. The summed E-state index contributed by atoms with van der Waals surface area (Å²) < 4.78 is 4.72. The van der Waals surface area contributed by atoms with Crippen molar-refractivity contribution >= 4 is 12.0 Å². The van der Waals surface area contributed by atoms with Crippen molar-refractivity contribution in [1.29, 1.82) is 0 Å². The Hall–Kier alpha value is -1.52. The molecule has 0 aliphatic heterocycles. The smallest absolute Gasteiger partial charge is 0.318 e. The van der Waals surface area contributed by atoms with Crippen LogP contribution in [0.3, 0.4) is 0 Å². The van der Waals surface area contributed by atoms with Gasteiger partial charge in [0.1, 0.15) is 0 Å². The molecule has 98 valence electrons. The van der Waals surface area contributed by atoms with E-state index < -0.39 is 0 Å². The molecule has 2 N–H and O–H groups in total.